The molecule has 0 fully saturated rings. The molecule has 0 amide bonds. The van der Waals surface area contributed by atoms with Crippen LogP contribution in [0.3, 0.4) is 0 Å². The highest BCUT2D eigenvalue weighted by atomic mass is 79.9. The maximum Gasteiger partial charge on any atom is 0.357 e. The molecule has 2 aromatic rings. The lowest BCUT2D eigenvalue weighted by Crippen LogP contribution is -2.36. The molecule has 0 bridgehead atoms. The molecule has 2 aliphatic rings. The van der Waals surface area contributed by atoms with Crippen molar-refractivity contribution < 1.29 is 0 Å². The molecule has 0 saturated carbocycles. The first-order chi connectivity index (χ1) is 12.5. The molecule has 0 saturated heterocycles. The molecule has 0 spiro atoms. The fraction of sp³-hybridized carbons (Fsp3) is 0.0588. The van der Waals surface area contributed by atoms with E-state index in [1.807, 2.05) is 6.07 Å². The second-order valence-corrected chi connectivity index (χ2v) is 8.08. The number of fused-ring (bicyclic) bond motifs is 1. The van der Waals surface area contributed by atoms with Crippen molar-refractivity contribution in [2.45, 2.75) is 6.54 Å². The van der Waals surface area contributed by atoms with Crippen LogP contribution in [0.15, 0.2) is 62.9 Å². The molecule has 0 radical (unpaired) electrons. The molecule has 0 aliphatic carbocycles. The van der Waals surface area contributed by atoms with Crippen LogP contribution in [-0.2, 0) is 6.54 Å². The first kappa shape index (κ1) is 17.1. The molecule has 26 heavy (non-hydrogen) atoms. The predicted octanol–water partition coefficient (Wildman–Crippen LogP) is 3.42. The van der Waals surface area contributed by atoms with Crippen molar-refractivity contribution in [1.29, 1.82) is 0 Å². The third-order valence-corrected chi connectivity index (χ3v) is 5.38. The summed E-state index contributed by atoms with van der Waals surface area (Å²) in [6, 6.07) is 10.4. The van der Waals surface area contributed by atoms with Crippen molar-refractivity contribution in [2.75, 3.05) is 0 Å². The van der Waals surface area contributed by atoms with Gasteiger partial charge in [-0.25, -0.2) is 14.3 Å². The zero-order valence-electron chi connectivity index (χ0n) is 13.1. The minimum Gasteiger partial charge on any atom is -0.327 e. The van der Waals surface area contributed by atoms with E-state index in [-0.39, 0.29) is 0 Å². The van der Waals surface area contributed by atoms with Gasteiger partial charge >= 0.3 is 5.69 Å². The van der Waals surface area contributed by atoms with Gasteiger partial charge in [0.25, 0.3) is 5.56 Å². The van der Waals surface area contributed by atoms with Crippen LogP contribution in [0, 0.1) is 0 Å². The van der Waals surface area contributed by atoms with E-state index in [4.69, 9.17) is 11.6 Å². The van der Waals surface area contributed by atoms with Gasteiger partial charge in [-0.1, -0.05) is 33.6 Å². The van der Waals surface area contributed by atoms with Gasteiger partial charge in [-0.15, -0.1) is 11.3 Å². The summed E-state index contributed by atoms with van der Waals surface area (Å²) in [5.74, 6) is 0.332. The zero-order valence-corrected chi connectivity index (χ0v) is 16.3. The first-order valence-electron chi connectivity index (χ1n) is 7.51. The summed E-state index contributed by atoms with van der Waals surface area (Å²) in [6.07, 6.45) is 3.44. The summed E-state index contributed by atoms with van der Waals surface area (Å²) >= 11 is 10.6. The average Bonchev–Trinajstić information content (AvgIpc) is 3.01. The van der Waals surface area contributed by atoms with Crippen molar-refractivity contribution in [1.82, 2.24) is 19.1 Å². The number of pyridine rings is 1. The number of benzene rings is 1. The Bertz CT molecular complexity index is 1200. The molecule has 1 aromatic carbocycles. The number of hydrogen-bond acceptors (Lipinski definition) is 5. The number of nitrogens with zero attached hydrogens (tertiary/aromatic N) is 4. The van der Waals surface area contributed by atoms with Crippen molar-refractivity contribution in [3.05, 3.63) is 83.4 Å². The lowest BCUT2D eigenvalue weighted by molar-refractivity contribution is 0.759. The number of hydrogen-bond donors (Lipinski definition) is 0. The molecule has 1 aromatic heterocycles. The van der Waals surface area contributed by atoms with Crippen LogP contribution >= 0.6 is 38.9 Å². The largest absolute Gasteiger partial charge is 0.357 e. The van der Waals surface area contributed by atoms with Gasteiger partial charge < -0.3 is 4.57 Å². The standard InChI is InChI=1S/C17H10BrClN4O2S/c18-10-3-1-4-11(7-10)23-15(24)13-5-2-6-22(14(13)21-17(23)25)9-12-8-20-16(19)26-12/h1-8H,9H2. The predicted molar refractivity (Wildman–Crippen MR) is 105 cm³/mol. The Morgan fingerprint density at radius 1 is 1.19 bits per heavy atom. The van der Waals surface area contributed by atoms with E-state index in [1.54, 1.807) is 47.3 Å². The van der Waals surface area contributed by atoms with Crippen molar-refractivity contribution in [3.63, 3.8) is 0 Å². The Kier molecular flexibility index (Phi) is 4.47. The van der Waals surface area contributed by atoms with E-state index in [9.17, 15) is 9.59 Å². The van der Waals surface area contributed by atoms with Crippen LogP contribution in [0.2, 0.25) is 4.47 Å². The maximum atomic E-state index is 12.9. The highest BCUT2D eigenvalue weighted by Gasteiger charge is 2.18. The third kappa shape index (κ3) is 3.11. The number of halogens is 2. The summed E-state index contributed by atoms with van der Waals surface area (Å²) in [5.41, 5.74) is -0.200. The number of rotatable bonds is 3. The Morgan fingerprint density at radius 2 is 2.04 bits per heavy atom. The van der Waals surface area contributed by atoms with E-state index < -0.39 is 11.2 Å². The molecule has 0 atom stereocenters. The molecule has 9 heteroatoms. The summed E-state index contributed by atoms with van der Waals surface area (Å²) < 4.78 is 4.02. The highest BCUT2D eigenvalue weighted by molar-refractivity contribution is 9.10. The van der Waals surface area contributed by atoms with Crippen molar-refractivity contribution in [2.24, 2.45) is 0 Å². The van der Waals surface area contributed by atoms with Gasteiger partial charge in [0.05, 0.1) is 17.8 Å². The van der Waals surface area contributed by atoms with Crippen LogP contribution in [-0.4, -0.2) is 19.1 Å². The zero-order chi connectivity index (χ0) is 18.3. The molecule has 2 aliphatic heterocycles. The van der Waals surface area contributed by atoms with Gasteiger partial charge in [-0.05, 0) is 30.3 Å². The van der Waals surface area contributed by atoms with Crippen LogP contribution in [0.25, 0.3) is 17.1 Å². The van der Waals surface area contributed by atoms with Gasteiger partial charge in [0.1, 0.15) is 0 Å². The van der Waals surface area contributed by atoms with E-state index in [0.29, 0.717) is 28.1 Å². The molecule has 0 N–H and O–H groups in total. The average molecular weight is 450 g/mol. The Labute approximate surface area is 164 Å². The summed E-state index contributed by atoms with van der Waals surface area (Å²) in [7, 11) is 0. The van der Waals surface area contributed by atoms with E-state index >= 15 is 0 Å². The lowest BCUT2D eigenvalue weighted by atomic mass is 10.2. The van der Waals surface area contributed by atoms with Crippen LogP contribution in [0.4, 0.5) is 0 Å². The van der Waals surface area contributed by atoms with Gasteiger partial charge in [-0.2, -0.15) is 4.98 Å². The normalized spacial score (nSPS) is 11.2. The Hall–Kier alpha value is -2.29. The molecule has 0 unspecified atom stereocenters. The molecule has 6 nitrogen and oxygen atoms in total. The quantitative estimate of drug-likeness (QED) is 0.480. The molecular weight excluding hydrogens is 440 g/mol. The summed E-state index contributed by atoms with van der Waals surface area (Å²) in [6.45, 7) is 0.425. The van der Waals surface area contributed by atoms with Gasteiger partial charge in [-0.3, -0.25) is 4.79 Å². The molecular formula is C17H10BrClN4O2S. The fourth-order valence-corrected chi connectivity index (χ4v) is 4.04. The lowest BCUT2D eigenvalue weighted by Gasteiger charge is -2.14. The van der Waals surface area contributed by atoms with Gasteiger partial charge in [0.15, 0.2) is 10.3 Å². The molecule has 4 rings (SSSR count). The van der Waals surface area contributed by atoms with Crippen LogP contribution < -0.4 is 11.2 Å². The van der Waals surface area contributed by atoms with Gasteiger partial charge in [0.2, 0.25) is 0 Å². The molecule has 3 heterocycles. The van der Waals surface area contributed by atoms with E-state index in [2.05, 4.69) is 25.9 Å². The Morgan fingerprint density at radius 3 is 2.77 bits per heavy atom. The Balaban J connectivity index is 1.90. The highest BCUT2D eigenvalue weighted by Crippen LogP contribution is 2.22. The number of thiazole rings is 1. The van der Waals surface area contributed by atoms with Crippen molar-refractivity contribution >= 4 is 38.9 Å². The summed E-state index contributed by atoms with van der Waals surface area (Å²) in [4.78, 5) is 34.6. The van der Waals surface area contributed by atoms with E-state index in [1.165, 1.54) is 11.3 Å². The van der Waals surface area contributed by atoms with Gasteiger partial charge in [0, 0.05) is 21.7 Å². The monoisotopic (exact) mass is 448 g/mol. The topological polar surface area (TPSA) is 69.8 Å². The van der Waals surface area contributed by atoms with E-state index in [0.717, 1.165) is 13.9 Å². The van der Waals surface area contributed by atoms with Crippen LogP contribution in [0.5, 0.6) is 0 Å². The minimum absolute atomic E-state index is 0.332. The maximum absolute atomic E-state index is 12.9. The molecule has 130 valence electrons. The SMILES string of the molecule is O=c1nc2n(Cc3cnc(Cl)s3)cccc-2c(=O)n1-c1cccc(Br)c1. The van der Waals surface area contributed by atoms with Crippen LogP contribution in [0.1, 0.15) is 4.88 Å². The second-order valence-electron chi connectivity index (χ2n) is 5.47. The first-order valence-corrected chi connectivity index (χ1v) is 9.50. The van der Waals surface area contributed by atoms with Crippen molar-refractivity contribution in [3.8, 4) is 17.1 Å². The summed E-state index contributed by atoms with van der Waals surface area (Å²) in [5, 5.41) is 0. The smallest absolute Gasteiger partial charge is 0.327 e. The third-order valence-electron chi connectivity index (χ3n) is 3.79. The minimum atomic E-state index is -0.622. The second kappa shape index (κ2) is 6.79. The number of aromatic nitrogens is 4. The fourth-order valence-electron chi connectivity index (χ4n) is 2.68.